The van der Waals surface area contributed by atoms with Gasteiger partial charge in [-0.2, -0.15) is 0 Å². The molecule has 2 fully saturated rings. The molecule has 2 aliphatic heterocycles. The van der Waals surface area contributed by atoms with Crippen LogP contribution in [0.2, 0.25) is 0 Å². The summed E-state index contributed by atoms with van der Waals surface area (Å²) in [6, 6.07) is 8.79. The lowest BCUT2D eigenvalue weighted by Gasteiger charge is -2.28. The van der Waals surface area contributed by atoms with Gasteiger partial charge < -0.3 is 20.9 Å². The van der Waals surface area contributed by atoms with Crippen LogP contribution < -0.4 is 16.0 Å². The topological polar surface area (TPSA) is 89.0 Å². The largest absolute Gasteiger partial charge is 0.363 e. The molecule has 0 amide bonds. The highest BCUT2D eigenvalue weighted by atomic mass is 15.3. The zero-order chi connectivity index (χ0) is 17.8. The second kappa shape index (κ2) is 5.84. The molecule has 27 heavy (non-hydrogen) atoms. The van der Waals surface area contributed by atoms with E-state index in [1.54, 1.807) is 6.34 Å². The lowest BCUT2D eigenvalue weighted by molar-refractivity contribution is 0.417. The van der Waals surface area contributed by atoms with E-state index >= 15 is 0 Å². The lowest BCUT2D eigenvalue weighted by atomic mass is 9.96. The van der Waals surface area contributed by atoms with Gasteiger partial charge in [-0.15, -0.1) is 0 Å². The van der Waals surface area contributed by atoms with Crippen LogP contribution in [0.3, 0.4) is 0 Å². The molecule has 2 bridgehead atoms. The average molecular weight is 361 g/mol. The van der Waals surface area contributed by atoms with Crippen molar-refractivity contribution in [2.45, 2.75) is 43.9 Å². The molecule has 7 nitrogen and oxygen atoms in total. The molecule has 3 heterocycles. The molecule has 7 heteroatoms. The molecular weight excluding hydrogens is 338 g/mol. The average Bonchev–Trinajstić information content (AvgIpc) is 3.45. The van der Waals surface area contributed by atoms with Crippen molar-refractivity contribution in [2.75, 3.05) is 5.32 Å². The van der Waals surface area contributed by atoms with Crippen molar-refractivity contribution < 1.29 is 0 Å². The van der Waals surface area contributed by atoms with Crippen molar-refractivity contribution in [3.05, 3.63) is 30.5 Å². The number of anilines is 1. The Morgan fingerprint density at radius 1 is 1.15 bits per heavy atom. The predicted molar refractivity (Wildman–Crippen MR) is 108 cm³/mol. The Bertz CT molecular complexity index is 972. The fraction of sp³-hybridized carbons (Fsp3) is 0.450. The van der Waals surface area contributed by atoms with Gasteiger partial charge in [-0.05, 0) is 55.4 Å². The monoisotopic (exact) mass is 361 g/mol. The third kappa shape index (κ3) is 2.60. The minimum absolute atomic E-state index is 0.0295. The molecule has 5 atom stereocenters. The molecule has 138 valence electrons. The maximum absolute atomic E-state index is 5.13. The quantitative estimate of drug-likeness (QED) is 0.662. The van der Waals surface area contributed by atoms with Gasteiger partial charge in [0.25, 0.3) is 0 Å². The van der Waals surface area contributed by atoms with Gasteiger partial charge >= 0.3 is 0 Å². The van der Waals surface area contributed by atoms with E-state index in [9.17, 15) is 0 Å². The maximum Gasteiger partial charge on any atom is 0.203 e. The van der Waals surface area contributed by atoms with Crippen molar-refractivity contribution in [2.24, 2.45) is 26.8 Å². The van der Waals surface area contributed by atoms with E-state index in [2.05, 4.69) is 50.2 Å². The fourth-order valence-electron chi connectivity index (χ4n) is 5.06. The van der Waals surface area contributed by atoms with Crippen molar-refractivity contribution in [3.8, 4) is 0 Å². The highest BCUT2D eigenvalue weighted by Gasteiger charge is 2.41. The standard InChI is InChI=1S/C20H23N7/c1-2-12-7-11(1)8-16(12)25-19-17-18(23-10-22-17)26-20(27-19)24-14-3-4-15-13(9-14)5-6-21-15/h3-6,9-12,16-18,21H,1-2,7-8H2,(H,22,23)(H2,24,25,26,27). The summed E-state index contributed by atoms with van der Waals surface area (Å²) in [6.45, 7) is 0. The normalized spacial score (nSPS) is 35.2. The first-order valence-corrected chi connectivity index (χ1v) is 9.86. The number of nitrogens with one attached hydrogen (secondary N) is 4. The molecule has 2 aliphatic carbocycles. The first-order valence-electron chi connectivity index (χ1n) is 9.86. The molecule has 5 unspecified atom stereocenters. The number of nitrogens with zero attached hydrogens (tertiary/aromatic N) is 3. The first kappa shape index (κ1) is 15.2. The lowest BCUT2D eigenvalue weighted by Crippen LogP contribution is -2.55. The van der Waals surface area contributed by atoms with Crippen molar-refractivity contribution in [1.82, 2.24) is 15.6 Å². The minimum Gasteiger partial charge on any atom is -0.363 e. The highest BCUT2D eigenvalue weighted by molar-refractivity contribution is 6.11. The molecule has 4 N–H and O–H groups in total. The number of amidine groups is 1. The van der Waals surface area contributed by atoms with E-state index in [1.807, 2.05) is 6.20 Å². The zero-order valence-corrected chi connectivity index (χ0v) is 15.0. The summed E-state index contributed by atoms with van der Waals surface area (Å²) >= 11 is 0. The Balaban J connectivity index is 1.27. The number of aromatic amines is 1. The number of hydrogen-bond donors (Lipinski definition) is 4. The first-order chi connectivity index (χ1) is 13.3. The molecule has 6 rings (SSSR count). The van der Waals surface area contributed by atoms with Gasteiger partial charge in [0.05, 0.1) is 12.4 Å². The Morgan fingerprint density at radius 2 is 2.15 bits per heavy atom. The van der Waals surface area contributed by atoms with Gasteiger partial charge in [0, 0.05) is 22.8 Å². The number of H-pyrrole nitrogens is 1. The number of guanidine groups is 1. The molecule has 4 aliphatic rings. The minimum atomic E-state index is -0.151. The molecule has 1 aromatic heterocycles. The van der Waals surface area contributed by atoms with Crippen molar-refractivity contribution in [3.63, 3.8) is 0 Å². The summed E-state index contributed by atoms with van der Waals surface area (Å²) in [5.41, 5.74) is 2.13. The Labute approximate surface area is 157 Å². The Kier molecular flexibility index (Phi) is 3.30. The third-order valence-electron chi connectivity index (χ3n) is 6.40. The van der Waals surface area contributed by atoms with Gasteiger partial charge in [0.15, 0.2) is 6.17 Å². The molecule has 0 spiro atoms. The third-order valence-corrected chi connectivity index (χ3v) is 6.40. The van der Waals surface area contributed by atoms with Crippen LogP contribution in [0.5, 0.6) is 0 Å². The number of aliphatic imine (C=N–C) groups is 3. The molecule has 1 aromatic carbocycles. The van der Waals surface area contributed by atoms with E-state index in [1.165, 1.54) is 31.1 Å². The van der Waals surface area contributed by atoms with Gasteiger partial charge in [-0.25, -0.2) is 9.98 Å². The number of rotatable bonds is 2. The molecule has 2 aromatic rings. The van der Waals surface area contributed by atoms with Crippen LogP contribution in [0, 0.1) is 11.8 Å². The van der Waals surface area contributed by atoms with Gasteiger partial charge in [-0.3, -0.25) is 4.99 Å². The van der Waals surface area contributed by atoms with Gasteiger partial charge in [0.2, 0.25) is 5.96 Å². The Hall–Kier alpha value is -2.83. The highest BCUT2D eigenvalue weighted by Crippen LogP contribution is 2.46. The second-order valence-corrected chi connectivity index (χ2v) is 8.10. The summed E-state index contributed by atoms with van der Waals surface area (Å²) in [6.07, 6.45) is 8.87. The zero-order valence-electron chi connectivity index (χ0n) is 15.0. The van der Waals surface area contributed by atoms with Crippen LogP contribution in [0.25, 0.3) is 10.9 Å². The van der Waals surface area contributed by atoms with Crippen LogP contribution in [0.1, 0.15) is 25.7 Å². The van der Waals surface area contributed by atoms with Crippen molar-refractivity contribution >= 4 is 34.7 Å². The van der Waals surface area contributed by atoms with E-state index in [4.69, 9.17) is 9.98 Å². The molecular formula is C20H23N7. The Morgan fingerprint density at radius 3 is 3.04 bits per heavy atom. The summed E-state index contributed by atoms with van der Waals surface area (Å²) in [5, 5.41) is 11.3. The number of aromatic nitrogens is 1. The van der Waals surface area contributed by atoms with E-state index in [0.717, 1.165) is 28.9 Å². The van der Waals surface area contributed by atoms with Crippen LogP contribution in [-0.2, 0) is 0 Å². The van der Waals surface area contributed by atoms with Gasteiger partial charge in [0.1, 0.15) is 11.9 Å². The molecule has 0 radical (unpaired) electrons. The fourth-order valence-corrected chi connectivity index (χ4v) is 5.06. The van der Waals surface area contributed by atoms with E-state index < -0.39 is 0 Å². The van der Waals surface area contributed by atoms with Crippen LogP contribution >= 0.6 is 0 Å². The molecule has 2 saturated carbocycles. The summed E-state index contributed by atoms with van der Waals surface area (Å²) in [7, 11) is 0. The van der Waals surface area contributed by atoms with Crippen LogP contribution in [0.4, 0.5) is 5.69 Å². The van der Waals surface area contributed by atoms with Gasteiger partial charge in [-0.1, -0.05) is 6.42 Å². The number of fused-ring (bicyclic) bond motifs is 4. The van der Waals surface area contributed by atoms with E-state index in [-0.39, 0.29) is 12.2 Å². The summed E-state index contributed by atoms with van der Waals surface area (Å²) in [5.74, 6) is 3.33. The summed E-state index contributed by atoms with van der Waals surface area (Å²) < 4.78 is 0. The SMILES string of the molecule is C1=NC2N=C(Nc3ccc4[nH]ccc4c3)NC(=NC3CC4CCC3C4)C2N1. The predicted octanol–water partition coefficient (Wildman–Crippen LogP) is 2.45. The number of hydrogen-bond acceptors (Lipinski definition) is 5. The summed E-state index contributed by atoms with van der Waals surface area (Å²) in [4.78, 5) is 17.6. The molecule has 0 saturated heterocycles. The maximum atomic E-state index is 5.13. The van der Waals surface area contributed by atoms with Crippen LogP contribution in [0.15, 0.2) is 45.4 Å². The number of benzene rings is 1. The van der Waals surface area contributed by atoms with E-state index in [0.29, 0.717) is 12.0 Å². The van der Waals surface area contributed by atoms with Crippen LogP contribution in [-0.4, -0.2) is 41.4 Å². The van der Waals surface area contributed by atoms with Crippen molar-refractivity contribution in [1.29, 1.82) is 0 Å². The second-order valence-electron chi connectivity index (χ2n) is 8.10. The smallest absolute Gasteiger partial charge is 0.203 e.